The van der Waals surface area contributed by atoms with E-state index in [0.29, 0.717) is 5.75 Å². The molecule has 104 valence electrons. The van der Waals surface area contributed by atoms with E-state index in [1.165, 1.54) is 11.3 Å². The first-order valence-corrected chi connectivity index (χ1v) is 7.23. The Bertz CT molecular complexity index is 531. The van der Waals surface area contributed by atoms with E-state index in [-0.39, 0.29) is 0 Å². The van der Waals surface area contributed by atoms with Crippen LogP contribution >= 0.6 is 0 Å². The van der Waals surface area contributed by atoms with Crippen LogP contribution in [-0.4, -0.2) is 31.3 Å². The first kappa shape index (κ1) is 13.0. The van der Waals surface area contributed by atoms with Crippen molar-refractivity contribution in [3.05, 3.63) is 60.2 Å². The first-order chi connectivity index (χ1) is 9.81. The van der Waals surface area contributed by atoms with Crippen molar-refractivity contribution >= 4 is 5.69 Å². The van der Waals surface area contributed by atoms with Gasteiger partial charge >= 0.3 is 0 Å². The van der Waals surface area contributed by atoms with Gasteiger partial charge in [-0.3, -0.25) is 0 Å². The minimum atomic E-state index is 0.335. The fourth-order valence-electron chi connectivity index (χ4n) is 2.81. The Morgan fingerprint density at radius 3 is 2.20 bits per heavy atom. The zero-order valence-electron chi connectivity index (χ0n) is 11.6. The molecule has 1 saturated heterocycles. The van der Waals surface area contributed by atoms with Crippen molar-refractivity contribution in [1.82, 2.24) is 0 Å². The molecule has 0 radical (unpaired) electrons. The number of nitrogens with one attached hydrogen (secondary N) is 1. The third-order valence-corrected chi connectivity index (χ3v) is 3.98. The highest BCUT2D eigenvalue weighted by atomic mass is 16.3. The number of benzene rings is 2. The number of anilines is 1. The summed E-state index contributed by atoms with van der Waals surface area (Å²) in [5.74, 6) is 0.335. The fraction of sp³-hybridized carbons (Fsp3) is 0.294. The summed E-state index contributed by atoms with van der Waals surface area (Å²) in [5.41, 5.74) is 2.63. The monoisotopic (exact) mass is 269 g/mol. The van der Waals surface area contributed by atoms with Gasteiger partial charge in [0.15, 0.2) is 0 Å². The van der Waals surface area contributed by atoms with Crippen molar-refractivity contribution in [2.45, 2.75) is 6.54 Å². The number of phenols is 1. The van der Waals surface area contributed by atoms with Gasteiger partial charge in [-0.15, -0.1) is 0 Å². The van der Waals surface area contributed by atoms with E-state index in [1.807, 2.05) is 12.1 Å². The van der Waals surface area contributed by atoms with E-state index in [9.17, 15) is 5.11 Å². The molecular formula is C17H21N2O+. The van der Waals surface area contributed by atoms with Gasteiger partial charge in [0.05, 0.1) is 26.2 Å². The maximum atomic E-state index is 9.34. The topological polar surface area (TPSA) is 27.9 Å². The van der Waals surface area contributed by atoms with Crippen molar-refractivity contribution in [3.63, 3.8) is 0 Å². The predicted molar refractivity (Wildman–Crippen MR) is 81.2 cm³/mol. The molecule has 0 amide bonds. The zero-order chi connectivity index (χ0) is 13.8. The third kappa shape index (κ3) is 3.11. The molecule has 3 nitrogen and oxygen atoms in total. The van der Waals surface area contributed by atoms with Gasteiger partial charge in [-0.2, -0.15) is 0 Å². The van der Waals surface area contributed by atoms with E-state index in [0.717, 1.165) is 32.7 Å². The Morgan fingerprint density at radius 2 is 1.55 bits per heavy atom. The van der Waals surface area contributed by atoms with Gasteiger partial charge in [-0.1, -0.05) is 30.3 Å². The second-order valence-electron chi connectivity index (χ2n) is 5.42. The molecule has 2 N–H and O–H groups in total. The van der Waals surface area contributed by atoms with Gasteiger partial charge in [-0.25, -0.2) is 0 Å². The molecule has 0 unspecified atom stereocenters. The molecule has 0 saturated carbocycles. The highest BCUT2D eigenvalue weighted by Gasteiger charge is 2.20. The fourth-order valence-corrected chi connectivity index (χ4v) is 2.81. The maximum Gasteiger partial charge on any atom is 0.115 e. The lowest BCUT2D eigenvalue weighted by atomic mass is 10.2. The number of nitrogens with zero attached hydrogens (tertiary/aromatic N) is 1. The van der Waals surface area contributed by atoms with E-state index in [2.05, 4.69) is 35.2 Å². The quantitative estimate of drug-likeness (QED) is 0.879. The van der Waals surface area contributed by atoms with E-state index in [4.69, 9.17) is 0 Å². The van der Waals surface area contributed by atoms with Crippen LogP contribution in [0, 0.1) is 0 Å². The SMILES string of the molecule is Oc1ccc(N2CC[NH+](Cc3ccccc3)CC2)cc1. The van der Waals surface area contributed by atoms with Crippen LogP contribution in [-0.2, 0) is 6.54 Å². The molecule has 0 atom stereocenters. The Labute approximate surface area is 120 Å². The van der Waals surface area contributed by atoms with Crippen LogP contribution in [0.4, 0.5) is 5.69 Å². The van der Waals surface area contributed by atoms with Crippen LogP contribution in [0.1, 0.15) is 5.56 Å². The van der Waals surface area contributed by atoms with Crippen molar-refractivity contribution in [2.24, 2.45) is 0 Å². The lowest BCUT2D eigenvalue weighted by Gasteiger charge is -2.33. The second-order valence-corrected chi connectivity index (χ2v) is 5.42. The molecule has 1 aliphatic rings. The minimum absolute atomic E-state index is 0.335. The summed E-state index contributed by atoms with van der Waals surface area (Å²) in [6.45, 7) is 5.59. The van der Waals surface area contributed by atoms with Crippen LogP contribution in [0.2, 0.25) is 0 Å². The Morgan fingerprint density at radius 1 is 0.900 bits per heavy atom. The van der Waals surface area contributed by atoms with Crippen molar-refractivity contribution in [2.75, 3.05) is 31.1 Å². The number of phenolic OH excluding ortho intramolecular Hbond substituents is 1. The summed E-state index contributed by atoms with van der Waals surface area (Å²) in [7, 11) is 0. The van der Waals surface area contributed by atoms with Gasteiger partial charge in [0.1, 0.15) is 12.3 Å². The first-order valence-electron chi connectivity index (χ1n) is 7.23. The van der Waals surface area contributed by atoms with E-state index < -0.39 is 0 Å². The average Bonchev–Trinajstić information content (AvgIpc) is 2.50. The summed E-state index contributed by atoms with van der Waals surface area (Å²) < 4.78 is 0. The van der Waals surface area contributed by atoms with Crippen molar-refractivity contribution in [1.29, 1.82) is 0 Å². The number of hydrogen-bond acceptors (Lipinski definition) is 2. The summed E-state index contributed by atoms with van der Waals surface area (Å²) in [4.78, 5) is 4.04. The molecule has 2 aromatic rings. The van der Waals surface area contributed by atoms with E-state index in [1.54, 1.807) is 17.0 Å². The smallest absolute Gasteiger partial charge is 0.115 e. The number of piperazine rings is 1. The third-order valence-electron chi connectivity index (χ3n) is 3.98. The number of hydrogen-bond donors (Lipinski definition) is 2. The average molecular weight is 269 g/mol. The molecule has 0 bridgehead atoms. The van der Waals surface area contributed by atoms with Crippen LogP contribution in [0.5, 0.6) is 5.75 Å². The number of quaternary nitrogens is 1. The molecule has 2 aromatic carbocycles. The summed E-state index contributed by atoms with van der Waals surface area (Å²) in [6, 6.07) is 18.2. The van der Waals surface area contributed by atoms with Gasteiger partial charge in [0, 0.05) is 11.3 Å². The van der Waals surface area contributed by atoms with Gasteiger partial charge in [0.2, 0.25) is 0 Å². The normalized spacial score (nSPS) is 16.3. The molecule has 3 rings (SSSR count). The van der Waals surface area contributed by atoms with Crippen LogP contribution < -0.4 is 9.80 Å². The number of rotatable bonds is 3. The molecular weight excluding hydrogens is 248 g/mol. The molecule has 20 heavy (non-hydrogen) atoms. The predicted octanol–water partition coefficient (Wildman–Crippen LogP) is 1.30. The molecule has 1 heterocycles. The molecule has 0 aromatic heterocycles. The van der Waals surface area contributed by atoms with Gasteiger partial charge in [-0.05, 0) is 24.3 Å². The minimum Gasteiger partial charge on any atom is -0.508 e. The summed E-state index contributed by atoms with van der Waals surface area (Å²) in [6.07, 6.45) is 0. The second kappa shape index (κ2) is 5.97. The Balaban J connectivity index is 1.55. The van der Waals surface area contributed by atoms with Crippen LogP contribution in [0.15, 0.2) is 54.6 Å². The van der Waals surface area contributed by atoms with E-state index >= 15 is 0 Å². The van der Waals surface area contributed by atoms with Crippen LogP contribution in [0.25, 0.3) is 0 Å². The highest BCUT2D eigenvalue weighted by molar-refractivity contribution is 5.48. The Hall–Kier alpha value is -2.00. The summed E-state index contributed by atoms with van der Waals surface area (Å²) in [5, 5.41) is 9.34. The summed E-state index contributed by atoms with van der Waals surface area (Å²) >= 11 is 0. The standard InChI is InChI=1S/C17H20N2O/c20-17-8-6-16(7-9-17)19-12-10-18(11-13-19)14-15-4-2-1-3-5-15/h1-9,20H,10-14H2/p+1. The zero-order valence-corrected chi connectivity index (χ0v) is 11.6. The highest BCUT2D eigenvalue weighted by Crippen LogP contribution is 2.18. The van der Waals surface area contributed by atoms with Crippen molar-refractivity contribution in [3.8, 4) is 5.75 Å². The molecule has 1 aliphatic heterocycles. The van der Waals surface area contributed by atoms with Crippen molar-refractivity contribution < 1.29 is 10.0 Å². The number of aromatic hydroxyl groups is 1. The van der Waals surface area contributed by atoms with Gasteiger partial charge < -0.3 is 14.9 Å². The lowest BCUT2D eigenvalue weighted by Crippen LogP contribution is -3.13. The largest absolute Gasteiger partial charge is 0.508 e. The molecule has 0 aliphatic carbocycles. The lowest BCUT2D eigenvalue weighted by molar-refractivity contribution is -0.914. The molecule has 3 heteroatoms. The maximum absolute atomic E-state index is 9.34. The van der Waals surface area contributed by atoms with Gasteiger partial charge in [0.25, 0.3) is 0 Å². The molecule has 1 fully saturated rings. The molecule has 0 spiro atoms. The van der Waals surface area contributed by atoms with Crippen LogP contribution in [0.3, 0.4) is 0 Å². The Kier molecular flexibility index (Phi) is 3.88.